The van der Waals surface area contributed by atoms with Crippen LogP contribution in [0.2, 0.25) is 5.02 Å². The van der Waals surface area contributed by atoms with E-state index in [4.69, 9.17) is 21.1 Å². The minimum atomic E-state index is -4.51. The van der Waals surface area contributed by atoms with E-state index < -0.39 is 23.8 Å². The zero-order valence-corrected chi connectivity index (χ0v) is 21.1. The molecule has 194 valence electrons. The average Bonchev–Trinajstić information content (AvgIpc) is 3.08. The lowest BCUT2D eigenvalue weighted by atomic mass is 10.1. The smallest absolute Gasteiger partial charge is 0.416 e. The normalized spacial score (nSPS) is 12.6. The molecular formula is C28H25ClF3NO4. The van der Waals surface area contributed by atoms with Gasteiger partial charge in [-0.2, -0.15) is 13.2 Å². The van der Waals surface area contributed by atoms with Crippen molar-refractivity contribution < 1.29 is 32.5 Å². The highest BCUT2D eigenvalue weighted by molar-refractivity contribution is 6.30. The van der Waals surface area contributed by atoms with Crippen molar-refractivity contribution in [1.29, 1.82) is 0 Å². The number of carbonyl (C=O) groups is 1. The number of benzene rings is 3. The van der Waals surface area contributed by atoms with Crippen LogP contribution in [0.15, 0.2) is 66.7 Å². The van der Waals surface area contributed by atoms with Crippen molar-refractivity contribution in [1.82, 2.24) is 4.57 Å². The first-order valence-electron chi connectivity index (χ1n) is 11.6. The summed E-state index contributed by atoms with van der Waals surface area (Å²) < 4.78 is 54.2. The second kappa shape index (κ2) is 10.4. The molecule has 37 heavy (non-hydrogen) atoms. The van der Waals surface area contributed by atoms with Gasteiger partial charge in [0.05, 0.1) is 16.8 Å². The Morgan fingerprint density at radius 3 is 2.35 bits per heavy atom. The number of rotatable bonds is 8. The standard InChI is InChI=1S/C28H25ClF3NO4/c1-16(2)25(27(34)35)37-22-6-4-5-18(13-22)15-33-17(3)26(36-21-10-8-20(29)9-11-21)23-12-7-19(14-24(23)33)28(30,31)32/h4-14,16,25H,15H2,1-3H3,(H,34,35). The predicted octanol–water partition coefficient (Wildman–Crippen LogP) is 7.95. The molecular weight excluding hydrogens is 507 g/mol. The third-order valence-corrected chi connectivity index (χ3v) is 6.23. The summed E-state index contributed by atoms with van der Waals surface area (Å²) in [4.78, 5) is 11.6. The Labute approximate surface area is 217 Å². The number of halogens is 4. The highest BCUT2D eigenvalue weighted by Crippen LogP contribution is 2.40. The molecule has 9 heteroatoms. The number of nitrogens with zero attached hydrogens (tertiary/aromatic N) is 1. The van der Waals surface area contributed by atoms with E-state index in [1.807, 2.05) is 0 Å². The van der Waals surface area contributed by atoms with Crippen LogP contribution in [-0.4, -0.2) is 21.7 Å². The van der Waals surface area contributed by atoms with Gasteiger partial charge < -0.3 is 19.1 Å². The molecule has 4 rings (SSSR count). The predicted molar refractivity (Wildman–Crippen MR) is 136 cm³/mol. The van der Waals surface area contributed by atoms with Crippen molar-refractivity contribution in [3.05, 3.63) is 88.6 Å². The Kier molecular flexibility index (Phi) is 7.41. The number of hydrogen-bond donors (Lipinski definition) is 1. The summed E-state index contributed by atoms with van der Waals surface area (Å²) in [6.45, 7) is 5.49. The van der Waals surface area contributed by atoms with Crippen molar-refractivity contribution in [2.75, 3.05) is 0 Å². The molecule has 1 unspecified atom stereocenters. The van der Waals surface area contributed by atoms with Crippen LogP contribution < -0.4 is 9.47 Å². The lowest BCUT2D eigenvalue weighted by molar-refractivity contribution is -0.147. The maximum absolute atomic E-state index is 13.6. The molecule has 0 aliphatic rings. The molecule has 4 aromatic rings. The van der Waals surface area contributed by atoms with Gasteiger partial charge >= 0.3 is 12.1 Å². The molecule has 0 spiro atoms. The summed E-state index contributed by atoms with van der Waals surface area (Å²) in [5, 5.41) is 10.5. The SMILES string of the molecule is Cc1c(Oc2ccc(Cl)cc2)c2ccc(C(F)(F)F)cc2n1Cc1cccc(OC(C(=O)O)C(C)C)c1. The van der Waals surface area contributed by atoms with Crippen molar-refractivity contribution in [2.24, 2.45) is 5.92 Å². The van der Waals surface area contributed by atoms with Crippen LogP contribution in [0, 0.1) is 12.8 Å². The van der Waals surface area contributed by atoms with E-state index in [1.54, 1.807) is 73.9 Å². The first-order chi connectivity index (χ1) is 17.4. The number of aromatic nitrogens is 1. The largest absolute Gasteiger partial charge is 0.478 e. The molecule has 1 atom stereocenters. The van der Waals surface area contributed by atoms with E-state index in [9.17, 15) is 23.1 Å². The molecule has 0 saturated heterocycles. The van der Waals surface area contributed by atoms with Gasteiger partial charge in [-0.1, -0.05) is 37.6 Å². The number of ether oxygens (including phenoxy) is 2. The van der Waals surface area contributed by atoms with Crippen LogP contribution in [0.4, 0.5) is 13.2 Å². The molecule has 0 saturated carbocycles. The fourth-order valence-corrected chi connectivity index (χ4v) is 4.22. The van der Waals surface area contributed by atoms with Gasteiger partial charge in [0.2, 0.25) is 0 Å². The van der Waals surface area contributed by atoms with E-state index >= 15 is 0 Å². The zero-order valence-electron chi connectivity index (χ0n) is 20.3. The summed E-state index contributed by atoms with van der Waals surface area (Å²) in [5.74, 6) is -0.0396. The van der Waals surface area contributed by atoms with Crippen molar-refractivity contribution >= 4 is 28.5 Å². The molecule has 5 nitrogen and oxygen atoms in total. The molecule has 0 fully saturated rings. The molecule has 3 aromatic carbocycles. The van der Waals surface area contributed by atoms with Gasteiger partial charge in [0.1, 0.15) is 11.5 Å². The zero-order chi connectivity index (χ0) is 26.9. The number of alkyl halides is 3. The molecule has 1 N–H and O–H groups in total. The molecule has 0 radical (unpaired) electrons. The van der Waals surface area contributed by atoms with Crippen LogP contribution in [-0.2, 0) is 17.5 Å². The summed E-state index contributed by atoms with van der Waals surface area (Å²) in [6.07, 6.45) is -5.54. The molecule has 1 heterocycles. The third kappa shape index (κ3) is 5.85. The van der Waals surface area contributed by atoms with Gasteiger partial charge in [0.25, 0.3) is 0 Å². The van der Waals surface area contributed by atoms with Crippen molar-refractivity contribution in [3.8, 4) is 17.2 Å². The summed E-state index contributed by atoms with van der Waals surface area (Å²) in [6, 6.07) is 17.1. The fourth-order valence-electron chi connectivity index (χ4n) is 4.09. The number of carboxylic acid groups (broad SMARTS) is 1. The second-order valence-corrected chi connectivity index (χ2v) is 9.49. The molecule has 0 amide bonds. The maximum Gasteiger partial charge on any atom is 0.416 e. The van der Waals surface area contributed by atoms with E-state index in [0.717, 1.165) is 17.7 Å². The number of hydrogen-bond acceptors (Lipinski definition) is 3. The highest BCUT2D eigenvalue weighted by atomic mass is 35.5. The van der Waals surface area contributed by atoms with Gasteiger partial charge in [-0.25, -0.2) is 4.79 Å². The van der Waals surface area contributed by atoms with Gasteiger partial charge in [-0.15, -0.1) is 0 Å². The molecule has 0 bridgehead atoms. The molecule has 1 aromatic heterocycles. The highest BCUT2D eigenvalue weighted by Gasteiger charge is 2.32. The first-order valence-corrected chi connectivity index (χ1v) is 11.9. The Morgan fingerprint density at radius 1 is 1.03 bits per heavy atom. The van der Waals surface area contributed by atoms with Crippen LogP contribution in [0.3, 0.4) is 0 Å². The van der Waals surface area contributed by atoms with Crippen LogP contribution >= 0.6 is 11.6 Å². The third-order valence-electron chi connectivity index (χ3n) is 5.98. The topological polar surface area (TPSA) is 60.7 Å². The van der Waals surface area contributed by atoms with Gasteiger partial charge in [0.15, 0.2) is 11.9 Å². The fraction of sp³-hybridized carbons (Fsp3) is 0.250. The minimum Gasteiger partial charge on any atom is -0.478 e. The van der Waals surface area contributed by atoms with Crippen LogP contribution in [0.25, 0.3) is 10.9 Å². The lowest BCUT2D eigenvalue weighted by Gasteiger charge is -2.19. The monoisotopic (exact) mass is 531 g/mol. The Hall–Kier alpha value is -3.65. The lowest BCUT2D eigenvalue weighted by Crippen LogP contribution is -2.32. The number of aliphatic carboxylic acids is 1. The maximum atomic E-state index is 13.6. The number of carboxylic acids is 1. The minimum absolute atomic E-state index is 0.213. The second-order valence-electron chi connectivity index (χ2n) is 9.05. The van der Waals surface area contributed by atoms with E-state index in [0.29, 0.717) is 38.9 Å². The molecule has 0 aliphatic carbocycles. The Bertz CT molecular complexity index is 1430. The van der Waals surface area contributed by atoms with Crippen molar-refractivity contribution in [3.63, 3.8) is 0 Å². The number of fused-ring (bicyclic) bond motifs is 1. The Balaban J connectivity index is 1.76. The first kappa shape index (κ1) is 26.4. The van der Waals surface area contributed by atoms with E-state index in [-0.39, 0.29) is 12.5 Å². The summed E-state index contributed by atoms with van der Waals surface area (Å²) in [7, 11) is 0. The summed E-state index contributed by atoms with van der Waals surface area (Å²) in [5.41, 5.74) is 0.936. The van der Waals surface area contributed by atoms with Gasteiger partial charge in [-0.3, -0.25) is 0 Å². The Morgan fingerprint density at radius 2 is 1.73 bits per heavy atom. The average molecular weight is 532 g/mol. The van der Waals surface area contributed by atoms with Gasteiger partial charge in [-0.05, 0) is 67.1 Å². The van der Waals surface area contributed by atoms with Crippen LogP contribution in [0.5, 0.6) is 17.2 Å². The molecule has 0 aliphatic heterocycles. The van der Waals surface area contributed by atoms with E-state index in [2.05, 4.69) is 0 Å². The van der Waals surface area contributed by atoms with Crippen LogP contribution in [0.1, 0.15) is 30.7 Å². The van der Waals surface area contributed by atoms with Gasteiger partial charge in [0, 0.05) is 22.9 Å². The quantitative estimate of drug-likeness (QED) is 0.250. The van der Waals surface area contributed by atoms with E-state index in [1.165, 1.54) is 6.07 Å². The van der Waals surface area contributed by atoms with Crippen molar-refractivity contribution in [2.45, 2.75) is 39.6 Å². The summed E-state index contributed by atoms with van der Waals surface area (Å²) >= 11 is 5.97.